The van der Waals surface area contributed by atoms with Crippen LogP contribution in [0.25, 0.3) is 0 Å². The highest BCUT2D eigenvalue weighted by Crippen LogP contribution is 2.20. The van der Waals surface area contributed by atoms with Gasteiger partial charge in [-0.2, -0.15) is 0 Å². The summed E-state index contributed by atoms with van der Waals surface area (Å²) in [6.45, 7) is 2.03. The van der Waals surface area contributed by atoms with E-state index in [0.717, 1.165) is 40.6 Å². The molecule has 0 saturated heterocycles. The third kappa shape index (κ3) is 4.60. The van der Waals surface area contributed by atoms with Crippen LogP contribution in [0.4, 0.5) is 0 Å². The SMILES string of the molecule is Clc1ccccc1CNCc1ccccc1OCc1ccccc1. The molecule has 3 rings (SSSR count). The van der Waals surface area contributed by atoms with E-state index in [4.69, 9.17) is 16.3 Å². The lowest BCUT2D eigenvalue weighted by molar-refractivity contribution is 0.302. The molecule has 0 unspecified atom stereocenters. The van der Waals surface area contributed by atoms with Gasteiger partial charge in [-0.05, 0) is 23.3 Å². The molecule has 3 aromatic rings. The molecule has 0 fully saturated rings. The fraction of sp³-hybridized carbons (Fsp3) is 0.143. The van der Waals surface area contributed by atoms with Crippen molar-refractivity contribution < 1.29 is 4.74 Å². The van der Waals surface area contributed by atoms with Crippen molar-refractivity contribution in [1.82, 2.24) is 5.32 Å². The van der Waals surface area contributed by atoms with Crippen molar-refractivity contribution in [2.75, 3.05) is 0 Å². The van der Waals surface area contributed by atoms with E-state index in [2.05, 4.69) is 23.5 Å². The van der Waals surface area contributed by atoms with Crippen molar-refractivity contribution in [3.8, 4) is 5.75 Å². The van der Waals surface area contributed by atoms with Gasteiger partial charge in [0, 0.05) is 23.7 Å². The molecule has 0 aliphatic rings. The Balaban J connectivity index is 1.59. The van der Waals surface area contributed by atoms with Gasteiger partial charge in [0.15, 0.2) is 0 Å². The summed E-state index contributed by atoms with van der Waals surface area (Å²) in [7, 11) is 0. The van der Waals surface area contributed by atoms with Crippen LogP contribution in [0.1, 0.15) is 16.7 Å². The molecule has 3 aromatic carbocycles. The van der Waals surface area contributed by atoms with Gasteiger partial charge in [0.25, 0.3) is 0 Å². The van der Waals surface area contributed by atoms with E-state index in [1.165, 1.54) is 0 Å². The van der Waals surface area contributed by atoms with Crippen molar-refractivity contribution in [3.63, 3.8) is 0 Å². The Morgan fingerprint density at radius 3 is 2.12 bits per heavy atom. The first kappa shape index (κ1) is 16.6. The van der Waals surface area contributed by atoms with Gasteiger partial charge in [-0.3, -0.25) is 0 Å². The number of hydrogen-bond acceptors (Lipinski definition) is 2. The Kier molecular flexibility index (Phi) is 5.89. The largest absolute Gasteiger partial charge is 0.489 e. The van der Waals surface area contributed by atoms with Crippen LogP contribution in [0, 0.1) is 0 Å². The molecule has 0 aliphatic carbocycles. The number of hydrogen-bond donors (Lipinski definition) is 1. The first-order valence-corrected chi connectivity index (χ1v) is 8.39. The quantitative estimate of drug-likeness (QED) is 0.639. The van der Waals surface area contributed by atoms with E-state index in [1.54, 1.807) is 0 Å². The summed E-state index contributed by atoms with van der Waals surface area (Å²) in [6, 6.07) is 26.2. The van der Waals surface area contributed by atoms with Crippen molar-refractivity contribution in [2.24, 2.45) is 0 Å². The molecule has 0 amide bonds. The van der Waals surface area contributed by atoms with E-state index < -0.39 is 0 Å². The summed E-state index contributed by atoms with van der Waals surface area (Å²) in [5.41, 5.74) is 3.40. The smallest absolute Gasteiger partial charge is 0.124 e. The summed E-state index contributed by atoms with van der Waals surface area (Å²) in [5.74, 6) is 0.910. The van der Waals surface area contributed by atoms with Gasteiger partial charge in [0.1, 0.15) is 12.4 Å². The van der Waals surface area contributed by atoms with Gasteiger partial charge in [0.2, 0.25) is 0 Å². The van der Waals surface area contributed by atoms with Crippen LogP contribution in [0.5, 0.6) is 5.75 Å². The van der Waals surface area contributed by atoms with Crippen LogP contribution in [-0.2, 0) is 19.7 Å². The standard InChI is InChI=1S/C21H20ClNO/c22-20-12-6-4-10-18(20)14-23-15-19-11-5-7-13-21(19)24-16-17-8-2-1-3-9-17/h1-13,23H,14-16H2. The molecule has 24 heavy (non-hydrogen) atoms. The fourth-order valence-electron chi connectivity index (χ4n) is 2.50. The molecule has 0 saturated carbocycles. The Bertz CT molecular complexity index is 774. The predicted octanol–water partition coefficient (Wildman–Crippen LogP) is 5.21. The molecule has 3 heteroatoms. The number of ether oxygens (including phenoxy) is 1. The molecule has 0 aromatic heterocycles. The molecule has 1 N–H and O–H groups in total. The van der Waals surface area contributed by atoms with Gasteiger partial charge in [-0.1, -0.05) is 78.3 Å². The maximum Gasteiger partial charge on any atom is 0.124 e. The van der Waals surface area contributed by atoms with Gasteiger partial charge in [-0.15, -0.1) is 0 Å². The van der Waals surface area contributed by atoms with E-state index in [1.807, 2.05) is 60.7 Å². The van der Waals surface area contributed by atoms with Crippen molar-refractivity contribution in [3.05, 3.63) is 101 Å². The number of benzene rings is 3. The zero-order valence-corrected chi connectivity index (χ0v) is 14.2. The molecule has 0 spiro atoms. The fourth-order valence-corrected chi connectivity index (χ4v) is 2.70. The lowest BCUT2D eigenvalue weighted by Crippen LogP contribution is -2.14. The monoisotopic (exact) mass is 337 g/mol. The van der Waals surface area contributed by atoms with E-state index in [9.17, 15) is 0 Å². The van der Waals surface area contributed by atoms with E-state index in [0.29, 0.717) is 6.61 Å². The Labute approximate surface area is 148 Å². The minimum Gasteiger partial charge on any atom is -0.489 e. The summed E-state index contributed by atoms with van der Waals surface area (Å²) in [4.78, 5) is 0. The van der Waals surface area contributed by atoms with Crippen molar-refractivity contribution in [2.45, 2.75) is 19.7 Å². The van der Waals surface area contributed by atoms with Crippen LogP contribution >= 0.6 is 11.6 Å². The number of rotatable bonds is 7. The Hall–Kier alpha value is -2.29. The summed E-state index contributed by atoms with van der Waals surface area (Å²) >= 11 is 6.19. The maximum atomic E-state index is 6.19. The van der Waals surface area contributed by atoms with Crippen LogP contribution in [0.15, 0.2) is 78.9 Å². The Morgan fingerprint density at radius 1 is 0.708 bits per heavy atom. The summed E-state index contributed by atoms with van der Waals surface area (Å²) in [5, 5.41) is 4.22. The van der Waals surface area contributed by atoms with Crippen LogP contribution in [-0.4, -0.2) is 0 Å². The lowest BCUT2D eigenvalue weighted by atomic mass is 10.2. The second kappa shape index (κ2) is 8.53. The van der Waals surface area contributed by atoms with Crippen LogP contribution in [0.3, 0.4) is 0 Å². The highest BCUT2D eigenvalue weighted by molar-refractivity contribution is 6.31. The number of para-hydroxylation sites is 1. The molecule has 0 bridgehead atoms. The third-order valence-electron chi connectivity index (χ3n) is 3.80. The van der Waals surface area contributed by atoms with Gasteiger partial charge >= 0.3 is 0 Å². The maximum absolute atomic E-state index is 6.19. The highest BCUT2D eigenvalue weighted by Gasteiger charge is 2.04. The summed E-state index contributed by atoms with van der Waals surface area (Å²) < 4.78 is 5.98. The van der Waals surface area contributed by atoms with E-state index in [-0.39, 0.29) is 0 Å². The second-order valence-electron chi connectivity index (χ2n) is 5.58. The number of nitrogens with one attached hydrogen (secondary N) is 1. The zero-order chi connectivity index (χ0) is 16.6. The van der Waals surface area contributed by atoms with Crippen LogP contribution < -0.4 is 10.1 Å². The molecule has 2 nitrogen and oxygen atoms in total. The first-order valence-electron chi connectivity index (χ1n) is 8.01. The van der Waals surface area contributed by atoms with Crippen molar-refractivity contribution >= 4 is 11.6 Å². The molecule has 0 aliphatic heterocycles. The summed E-state index contributed by atoms with van der Waals surface area (Å²) in [6.07, 6.45) is 0. The second-order valence-corrected chi connectivity index (χ2v) is 5.98. The Morgan fingerprint density at radius 2 is 1.33 bits per heavy atom. The highest BCUT2D eigenvalue weighted by atomic mass is 35.5. The van der Waals surface area contributed by atoms with Gasteiger partial charge in [-0.25, -0.2) is 0 Å². The lowest BCUT2D eigenvalue weighted by Gasteiger charge is -2.13. The molecular formula is C21H20ClNO. The van der Waals surface area contributed by atoms with Gasteiger partial charge in [0.05, 0.1) is 0 Å². The minimum atomic E-state index is 0.572. The molecule has 0 radical (unpaired) electrons. The average molecular weight is 338 g/mol. The third-order valence-corrected chi connectivity index (χ3v) is 4.17. The molecule has 0 atom stereocenters. The average Bonchev–Trinajstić information content (AvgIpc) is 2.63. The normalized spacial score (nSPS) is 10.5. The molecule has 0 heterocycles. The minimum absolute atomic E-state index is 0.572. The van der Waals surface area contributed by atoms with Gasteiger partial charge < -0.3 is 10.1 Å². The molecule has 122 valence electrons. The first-order chi connectivity index (χ1) is 11.8. The van der Waals surface area contributed by atoms with Crippen LogP contribution in [0.2, 0.25) is 5.02 Å². The predicted molar refractivity (Wildman–Crippen MR) is 99.2 cm³/mol. The van der Waals surface area contributed by atoms with Crippen molar-refractivity contribution in [1.29, 1.82) is 0 Å². The number of halogens is 1. The van der Waals surface area contributed by atoms with E-state index >= 15 is 0 Å². The molecular weight excluding hydrogens is 318 g/mol. The zero-order valence-electron chi connectivity index (χ0n) is 13.4. The topological polar surface area (TPSA) is 21.3 Å².